The van der Waals surface area contributed by atoms with Crippen LogP contribution in [0.2, 0.25) is 5.02 Å². The normalized spacial score (nSPS) is 10.9. The van der Waals surface area contributed by atoms with Crippen LogP contribution in [0, 0.1) is 5.82 Å². The molecule has 4 aromatic rings. The third kappa shape index (κ3) is 5.16. The number of hydrogen-bond acceptors (Lipinski definition) is 6. The first-order valence-electron chi connectivity index (χ1n) is 8.92. The lowest BCUT2D eigenvalue weighted by molar-refractivity contribution is 0.294. The smallest absolute Gasteiger partial charge is 0.227 e. The van der Waals surface area contributed by atoms with Crippen molar-refractivity contribution < 1.29 is 13.5 Å². The van der Waals surface area contributed by atoms with Crippen LogP contribution in [-0.4, -0.2) is 16.2 Å². The Morgan fingerprint density at radius 1 is 1.03 bits per heavy atom. The van der Waals surface area contributed by atoms with Crippen LogP contribution < -0.4 is 4.74 Å². The molecule has 30 heavy (non-hydrogen) atoms. The van der Waals surface area contributed by atoms with Crippen molar-refractivity contribution in [1.29, 1.82) is 0 Å². The molecule has 0 aliphatic heterocycles. The molecule has 0 saturated heterocycles. The average molecular weight is 459 g/mol. The van der Waals surface area contributed by atoms with Crippen LogP contribution in [0.15, 0.2) is 86.3 Å². The van der Waals surface area contributed by atoms with Crippen LogP contribution in [0.3, 0.4) is 0 Å². The van der Waals surface area contributed by atoms with Crippen LogP contribution in [0.25, 0.3) is 11.5 Å². The van der Waals surface area contributed by atoms with Gasteiger partial charge in [-0.2, -0.15) is 0 Å². The minimum absolute atomic E-state index is 0.221. The van der Waals surface area contributed by atoms with E-state index in [9.17, 15) is 4.39 Å². The molecule has 0 bridgehead atoms. The number of rotatable bonds is 7. The fourth-order valence-electron chi connectivity index (χ4n) is 2.57. The largest absolute Gasteiger partial charge is 0.487 e. The SMILES string of the molecule is CSc1ccc(OCc2nc(-c3ccc(F)cc3)oc2Sc2ccc(Cl)cn2)cc1. The van der Waals surface area contributed by atoms with E-state index in [2.05, 4.69) is 9.97 Å². The van der Waals surface area contributed by atoms with Gasteiger partial charge in [0, 0.05) is 16.7 Å². The van der Waals surface area contributed by atoms with E-state index in [-0.39, 0.29) is 12.4 Å². The average Bonchev–Trinajstić information content (AvgIpc) is 3.17. The number of benzene rings is 2. The van der Waals surface area contributed by atoms with E-state index in [1.165, 1.54) is 23.9 Å². The first kappa shape index (κ1) is 20.8. The molecule has 2 aromatic heterocycles. The summed E-state index contributed by atoms with van der Waals surface area (Å²) in [7, 11) is 0. The zero-order valence-corrected chi connectivity index (χ0v) is 18.2. The van der Waals surface area contributed by atoms with Crippen LogP contribution in [0.5, 0.6) is 5.75 Å². The van der Waals surface area contributed by atoms with Crippen molar-refractivity contribution in [1.82, 2.24) is 9.97 Å². The number of thioether (sulfide) groups is 1. The van der Waals surface area contributed by atoms with Crippen molar-refractivity contribution >= 4 is 35.1 Å². The van der Waals surface area contributed by atoms with Crippen LogP contribution in [0.1, 0.15) is 5.69 Å². The molecule has 0 amide bonds. The summed E-state index contributed by atoms with van der Waals surface area (Å²) in [5, 5.41) is 1.83. The third-order valence-electron chi connectivity index (χ3n) is 4.09. The molecule has 8 heteroatoms. The Kier molecular flexibility index (Phi) is 6.62. The van der Waals surface area contributed by atoms with Gasteiger partial charge in [0.25, 0.3) is 0 Å². The molecule has 0 N–H and O–H groups in total. The van der Waals surface area contributed by atoms with Crippen LogP contribution >= 0.6 is 35.1 Å². The molecule has 0 fully saturated rings. The lowest BCUT2D eigenvalue weighted by Gasteiger charge is -2.06. The first-order valence-corrected chi connectivity index (χ1v) is 11.3. The Bertz CT molecular complexity index is 1120. The minimum atomic E-state index is -0.317. The molecule has 0 aliphatic rings. The zero-order valence-electron chi connectivity index (χ0n) is 15.8. The number of pyridine rings is 1. The lowest BCUT2D eigenvalue weighted by Crippen LogP contribution is -1.97. The second kappa shape index (κ2) is 9.55. The van der Waals surface area contributed by atoms with Gasteiger partial charge in [-0.3, -0.25) is 0 Å². The Hall–Kier alpha value is -2.48. The summed E-state index contributed by atoms with van der Waals surface area (Å²) in [6.07, 6.45) is 3.60. The highest BCUT2D eigenvalue weighted by Crippen LogP contribution is 2.34. The summed E-state index contributed by atoms with van der Waals surface area (Å²) >= 11 is 8.92. The monoisotopic (exact) mass is 458 g/mol. The zero-order chi connectivity index (χ0) is 20.9. The topological polar surface area (TPSA) is 48.2 Å². The van der Waals surface area contributed by atoms with Gasteiger partial charge in [-0.1, -0.05) is 11.6 Å². The van der Waals surface area contributed by atoms with Crippen molar-refractivity contribution in [3.63, 3.8) is 0 Å². The predicted octanol–water partition coefficient (Wildman–Crippen LogP) is 6.98. The second-order valence-corrected chi connectivity index (χ2v) is 8.45. The van der Waals surface area contributed by atoms with Crippen LogP contribution in [0.4, 0.5) is 4.39 Å². The molecule has 0 atom stereocenters. The molecule has 0 aliphatic carbocycles. The molecule has 4 rings (SSSR count). The predicted molar refractivity (Wildman–Crippen MR) is 118 cm³/mol. The Labute approximate surface area is 186 Å². The van der Waals surface area contributed by atoms with E-state index in [1.807, 2.05) is 30.5 Å². The Morgan fingerprint density at radius 3 is 2.47 bits per heavy atom. The quantitative estimate of drug-likeness (QED) is 0.278. The summed E-state index contributed by atoms with van der Waals surface area (Å²) in [6.45, 7) is 0.221. The fraction of sp³-hybridized carbons (Fsp3) is 0.0909. The molecule has 0 radical (unpaired) electrons. The van der Waals surface area contributed by atoms with Crippen molar-refractivity contribution in [3.05, 3.63) is 83.4 Å². The number of nitrogens with zero attached hydrogens (tertiary/aromatic N) is 2. The van der Waals surface area contributed by atoms with E-state index in [4.69, 9.17) is 20.8 Å². The highest BCUT2D eigenvalue weighted by molar-refractivity contribution is 7.99. The van der Waals surface area contributed by atoms with E-state index in [0.29, 0.717) is 32.3 Å². The van der Waals surface area contributed by atoms with Crippen molar-refractivity contribution in [3.8, 4) is 17.2 Å². The highest BCUT2D eigenvalue weighted by atomic mass is 35.5. The molecule has 2 heterocycles. The first-order chi connectivity index (χ1) is 14.6. The summed E-state index contributed by atoms with van der Waals surface area (Å²) < 4.78 is 25.2. The maximum atomic E-state index is 13.3. The Morgan fingerprint density at radius 2 is 1.80 bits per heavy atom. The molecule has 0 saturated carbocycles. The van der Waals surface area contributed by atoms with Crippen molar-refractivity contribution in [2.24, 2.45) is 0 Å². The number of hydrogen-bond donors (Lipinski definition) is 0. The van der Waals surface area contributed by atoms with E-state index < -0.39 is 0 Å². The number of oxazole rings is 1. The number of aromatic nitrogens is 2. The lowest BCUT2D eigenvalue weighted by atomic mass is 10.2. The maximum Gasteiger partial charge on any atom is 0.227 e. The molecular weight excluding hydrogens is 443 g/mol. The molecule has 0 unspecified atom stereocenters. The van der Waals surface area contributed by atoms with Gasteiger partial charge in [-0.15, -0.1) is 11.8 Å². The van der Waals surface area contributed by atoms with Gasteiger partial charge in [-0.25, -0.2) is 14.4 Å². The fourth-order valence-corrected chi connectivity index (χ4v) is 3.86. The molecular formula is C22H16ClFN2O2S2. The third-order valence-corrected chi connectivity index (χ3v) is 6.01. The minimum Gasteiger partial charge on any atom is -0.487 e. The summed E-state index contributed by atoms with van der Waals surface area (Å²) in [4.78, 5) is 10.0. The standard InChI is InChI=1S/C22H16ClFN2O2S2/c1-29-18-9-7-17(8-10-18)27-13-19-22(30-20-11-4-15(23)12-25-20)28-21(26-19)14-2-5-16(24)6-3-14/h2-12H,13H2,1H3. The Balaban J connectivity index is 1.59. The van der Waals surface area contributed by atoms with Crippen molar-refractivity contribution in [2.45, 2.75) is 21.6 Å². The highest BCUT2D eigenvalue weighted by Gasteiger charge is 2.17. The number of ether oxygens (including phenoxy) is 1. The molecule has 4 nitrogen and oxygen atoms in total. The summed E-state index contributed by atoms with van der Waals surface area (Å²) in [5.74, 6) is 0.810. The van der Waals surface area contributed by atoms with Crippen molar-refractivity contribution in [2.75, 3.05) is 6.26 Å². The maximum absolute atomic E-state index is 13.3. The van der Waals surface area contributed by atoms with E-state index >= 15 is 0 Å². The number of halogens is 2. The van der Waals surface area contributed by atoms with Gasteiger partial charge in [-0.05, 0) is 78.7 Å². The van der Waals surface area contributed by atoms with Gasteiger partial charge in [0.1, 0.15) is 28.9 Å². The van der Waals surface area contributed by atoms with Crippen LogP contribution in [-0.2, 0) is 6.61 Å². The molecule has 2 aromatic carbocycles. The summed E-state index contributed by atoms with van der Waals surface area (Å²) in [5.41, 5.74) is 1.31. The second-order valence-electron chi connectivity index (χ2n) is 6.14. The van der Waals surface area contributed by atoms with E-state index in [0.717, 1.165) is 10.6 Å². The molecule has 0 spiro atoms. The van der Waals surface area contributed by atoms with Gasteiger partial charge in [0.15, 0.2) is 5.09 Å². The molecule has 152 valence electrons. The summed E-state index contributed by atoms with van der Waals surface area (Å²) in [6, 6.07) is 17.4. The van der Waals surface area contributed by atoms with Gasteiger partial charge >= 0.3 is 0 Å². The van der Waals surface area contributed by atoms with Gasteiger partial charge in [0.2, 0.25) is 5.89 Å². The van der Waals surface area contributed by atoms with Gasteiger partial charge < -0.3 is 9.15 Å². The van der Waals surface area contributed by atoms with E-state index in [1.54, 1.807) is 42.2 Å². The van der Waals surface area contributed by atoms with Gasteiger partial charge in [0.05, 0.1) is 5.02 Å².